The molecule has 0 saturated heterocycles. The van der Waals surface area contributed by atoms with Crippen molar-refractivity contribution in [1.29, 1.82) is 0 Å². The smallest absolute Gasteiger partial charge is 0.166 e. The zero-order valence-corrected chi connectivity index (χ0v) is 11.5. The Balaban J connectivity index is 2.04. The van der Waals surface area contributed by atoms with Crippen LogP contribution in [0.15, 0.2) is 18.5 Å². The van der Waals surface area contributed by atoms with Crippen LogP contribution >= 0.6 is 0 Å². The van der Waals surface area contributed by atoms with E-state index in [2.05, 4.69) is 28.9 Å². The number of aromatic nitrogens is 4. The lowest BCUT2D eigenvalue weighted by Gasteiger charge is -2.10. The Morgan fingerprint density at radius 3 is 2.84 bits per heavy atom. The van der Waals surface area contributed by atoms with E-state index in [1.54, 1.807) is 0 Å². The molecule has 0 saturated carbocycles. The molecule has 0 bridgehead atoms. The predicted octanol–water partition coefficient (Wildman–Crippen LogP) is 1.80. The average Bonchev–Trinajstić information content (AvgIpc) is 2.74. The van der Waals surface area contributed by atoms with Crippen molar-refractivity contribution < 1.29 is 4.74 Å². The third-order valence-electron chi connectivity index (χ3n) is 2.62. The van der Waals surface area contributed by atoms with E-state index in [1.807, 2.05) is 23.7 Å². The predicted molar refractivity (Wildman–Crippen MR) is 72.6 cm³/mol. The molecule has 0 spiro atoms. The van der Waals surface area contributed by atoms with Gasteiger partial charge in [-0.25, -0.2) is 14.6 Å². The summed E-state index contributed by atoms with van der Waals surface area (Å²) in [6.07, 6.45) is 1.54. The van der Waals surface area contributed by atoms with E-state index >= 15 is 0 Å². The summed E-state index contributed by atoms with van der Waals surface area (Å²) in [4.78, 5) is 8.35. The van der Waals surface area contributed by atoms with Crippen LogP contribution in [0.1, 0.15) is 25.4 Å². The molecule has 19 heavy (non-hydrogen) atoms. The minimum Gasteiger partial charge on any atom is -0.482 e. The van der Waals surface area contributed by atoms with Crippen molar-refractivity contribution in [3.63, 3.8) is 0 Å². The van der Waals surface area contributed by atoms with Gasteiger partial charge >= 0.3 is 0 Å². The first-order valence-corrected chi connectivity index (χ1v) is 6.29. The minimum absolute atomic E-state index is 0.335. The summed E-state index contributed by atoms with van der Waals surface area (Å²) in [6, 6.07) is 3.69. The van der Waals surface area contributed by atoms with E-state index in [-0.39, 0.29) is 0 Å². The van der Waals surface area contributed by atoms with E-state index in [0.717, 1.165) is 18.1 Å². The monoisotopic (exact) mass is 261 g/mol. The fourth-order valence-corrected chi connectivity index (χ4v) is 1.73. The number of hydrogen-bond acceptors (Lipinski definition) is 5. The fraction of sp³-hybridized carbons (Fsp3) is 0.462. The van der Waals surface area contributed by atoms with Crippen LogP contribution in [0.25, 0.3) is 0 Å². The zero-order chi connectivity index (χ0) is 13.8. The van der Waals surface area contributed by atoms with Gasteiger partial charge in [0.05, 0.1) is 0 Å². The number of ether oxygens (including phenoxy) is 1. The van der Waals surface area contributed by atoms with Crippen molar-refractivity contribution in [3.05, 3.63) is 30.0 Å². The number of nitrogen functional groups attached to an aromatic ring is 1. The first-order valence-electron chi connectivity index (χ1n) is 6.29. The molecule has 6 heteroatoms. The third kappa shape index (κ3) is 3.43. The fourth-order valence-electron chi connectivity index (χ4n) is 1.73. The van der Waals surface area contributed by atoms with Crippen LogP contribution in [0.2, 0.25) is 0 Å². The van der Waals surface area contributed by atoms with Crippen molar-refractivity contribution in [3.8, 4) is 5.75 Å². The maximum atomic E-state index is 5.80. The molecule has 0 aliphatic heterocycles. The van der Waals surface area contributed by atoms with E-state index in [9.17, 15) is 0 Å². The molecular weight excluding hydrogens is 242 g/mol. The lowest BCUT2D eigenvalue weighted by atomic mass is 10.2. The van der Waals surface area contributed by atoms with Gasteiger partial charge in [-0.15, -0.1) is 0 Å². The van der Waals surface area contributed by atoms with Crippen molar-refractivity contribution in [1.82, 2.24) is 19.7 Å². The van der Waals surface area contributed by atoms with Gasteiger partial charge in [0.1, 0.15) is 12.9 Å². The second-order valence-electron chi connectivity index (χ2n) is 4.88. The molecular formula is C13H19N5O. The number of nitrogens with zero attached hydrogens (tertiary/aromatic N) is 4. The first kappa shape index (κ1) is 13.3. The second kappa shape index (κ2) is 5.69. The first-order chi connectivity index (χ1) is 9.06. The molecule has 2 heterocycles. The van der Waals surface area contributed by atoms with E-state index in [1.165, 1.54) is 6.33 Å². The van der Waals surface area contributed by atoms with E-state index in [0.29, 0.717) is 24.1 Å². The van der Waals surface area contributed by atoms with Gasteiger partial charge in [-0.3, -0.25) is 0 Å². The van der Waals surface area contributed by atoms with Crippen LogP contribution in [-0.2, 0) is 13.2 Å². The van der Waals surface area contributed by atoms with Crippen molar-refractivity contribution in [2.45, 2.75) is 33.9 Å². The number of nitrogens with two attached hydrogens (primary N) is 1. The number of pyridine rings is 1. The summed E-state index contributed by atoms with van der Waals surface area (Å²) in [5, 5.41) is 4.18. The lowest BCUT2D eigenvalue weighted by molar-refractivity contribution is 0.283. The molecule has 0 atom stereocenters. The van der Waals surface area contributed by atoms with Gasteiger partial charge < -0.3 is 10.5 Å². The standard InChI is InChI=1S/C13H19N5O/c1-9(2)6-18-12(15-8-16-18)7-19-11-5-4-10(3)17-13(11)14/h4-5,8-9H,6-7H2,1-3H3,(H2,14,17). The van der Waals surface area contributed by atoms with Crippen LogP contribution in [0.4, 0.5) is 5.82 Å². The summed E-state index contributed by atoms with van der Waals surface area (Å²) in [7, 11) is 0. The van der Waals surface area contributed by atoms with Crippen LogP contribution in [0, 0.1) is 12.8 Å². The molecule has 0 aromatic carbocycles. The topological polar surface area (TPSA) is 78.9 Å². The molecule has 0 radical (unpaired) electrons. The molecule has 0 amide bonds. The largest absolute Gasteiger partial charge is 0.482 e. The highest BCUT2D eigenvalue weighted by Gasteiger charge is 2.08. The lowest BCUT2D eigenvalue weighted by Crippen LogP contribution is -2.12. The van der Waals surface area contributed by atoms with Gasteiger partial charge in [-0.05, 0) is 25.0 Å². The van der Waals surface area contributed by atoms with Gasteiger partial charge in [-0.1, -0.05) is 13.8 Å². The van der Waals surface area contributed by atoms with E-state index in [4.69, 9.17) is 10.5 Å². The second-order valence-corrected chi connectivity index (χ2v) is 4.88. The molecule has 2 N–H and O–H groups in total. The van der Waals surface area contributed by atoms with Crippen LogP contribution < -0.4 is 10.5 Å². The summed E-state index contributed by atoms with van der Waals surface area (Å²) >= 11 is 0. The average molecular weight is 261 g/mol. The van der Waals surface area contributed by atoms with Crippen molar-refractivity contribution in [2.24, 2.45) is 5.92 Å². The Kier molecular flexibility index (Phi) is 3.99. The summed E-state index contributed by atoms with van der Waals surface area (Å²) in [6.45, 7) is 7.31. The van der Waals surface area contributed by atoms with E-state index < -0.39 is 0 Å². The summed E-state index contributed by atoms with van der Waals surface area (Å²) < 4.78 is 7.50. The SMILES string of the molecule is Cc1ccc(OCc2ncnn2CC(C)C)c(N)n1. The zero-order valence-electron chi connectivity index (χ0n) is 11.5. The molecule has 0 unspecified atom stereocenters. The Hall–Kier alpha value is -2.11. The van der Waals surface area contributed by atoms with Gasteiger partial charge in [0, 0.05) is 12.2 Å². The molecule has 102 valence electrons. The Labute approximate surface area is 112 Å². The number of hydrogen-bond donors (Lipinski definition) is 1. The molecule has 2 rings (SSSR count). The Morgan fingerprint density at radius 2 is 2.16 bits per heavy atom. The number of aryl methyl sites for hydroxylation is 1. The van der Waals surface area contributed by atoms with Crippen molar-refractivity contribution >= 4 is 5.82 Å². The van der Waals surface area contributed by atoms with Crippen LogP contribution in [0.5, 0.6) is 5.75 Å². The number of rotatable bonds is 5. The Bertz CT molecular complexity index is 550. The highest BCUT2D eigenvalue weighted by molar-refractivity contribution is 5.46. The molecule has 2 aromatic rings. The number of anilines is 1. The van der Waals surface area contributed by atoms with Gasteiger partial charge in [0.15, 0.2) is 17.4 Å². The van der Waals surface area contributed by atoms with Gasteiger partial charge in [0.2, 0.25) is 0 Å². The quantitative estimate of drug-likeness (QED) is 0.887. The summed E-state index contributed by atoms with van der Waals surface area (Å²) in [5.41, 5.74) is 6.67. The van der Waals surface area contributed by atoms with Crippen LogP contribution in [-0.4, -0.2) is 19.7 Å². The summed E-state index contributed by atoms with van der Waals surface area (Å²) in [5.74, 6) is 2.26. The molecule has 0 aliphatic rings. The third-order valence-corrected chi connectivity index (χ3v) is 2.62. The maximum Gasteiger partial charge on any atom is 0.166 e. The molecule has 2 aromatic heterocycles. The maximum absolute atomic E-state index is 5.80. The molecule has 6 nitrogen and oxygen atoms in total. The normalized spacial score (nSPS) is 10.9. The minimum atomic E-state index is 0.335. The molecule has 0 fully saturated rings. The highest BCUT2D eigenvalue weighted by Crippen LogP contribution is 2.19. The van der Waals surface area contributed by atoms with Gasteiger partial charge in [0.25, 0.3) is 0 Å². The molecule has 0 aliphatic carbocycles. The Morgan fingerprint density at radius 1 is 1.37 bits per heavy atom. The van der Waals surface area contributed by atoms with Crippen molar-refractivity contribution in [2.75, 3.05) is 5.73 Å². The van der Waals surface area contributed by atoms with Gasteiger partial charge in [-0.2, -0.15) is 5.10 Å². The van der Waals surface area contributed by atoms with Crippen LogP contribution in [0.3, 0.4) is 0 Å². The highest BCUT2D eigenvalue weighted by atomic mass is 16.5.